The van der Waals surface area contributed by atoms with Crippen molar-refractivity contribution in [1.29, 1.82) is 0 Å². The number of nitrogens with one attached hydrogen (secondary N) is 1. The van der Waals surface area contributed by atoms with Crippen LogP contribution >= 0.6 is 22.7 Å². The maximum absolute atomic E-state index is 12.3. The summed E-state index contributed by atoms with van der Waals surface area (Å²) in [4.78, 5) is 27.1. The van der Waals surface area contributed by atoms with Gasteiger partial charge in [-0.15, -0.1) is 22.7 Å². The Morgan fingerprint density at radius 2 is 2.17 bits per heavy atom. The minimum absolute atomic E-state index is 0.0891. The highest BCUT2D eigenvalue weighted by molar-refractivity contribution is 7.18. The molecule has 7 heteroatoms. The number of aromatic amines is 1. The van der Waals surface area contributed by atoms with Crippen LogP contribution in [0.3, 0.4) is 0 Å². The van der Waals surface area contributed by atoms with E-state index in [1.807, 2.05) is 31.4 Å². The number of rotatable bonds is 3. The highest BCUT2D eigenvalue weighted by atomic mass is 32.1. The lowest BCUT2D eigenvalue weighted by atomic mass is 10.2. The van der Waals surface area contributed by atoms with Crippen LogP contribution in [0.25, 0.3) is 21.0 Å². The first-order valence-electron chi connectivity index (χ1n) is 7.09. The number of aryl methyl sites for hydroxylation is 2. The van der Waals surface area contributed by atoms with Crippen LogP contribution in [-0.4, -0.2) is 15.0 Å². The molecular weight excluding hydrogens is 330 g/mol. The molecule has 0 amide bonds. The number of hydrogen-bond acceptors (Lipinski definition) is 6. The Labute approximate surface area is 139 Å². The Bertz CT molecular complexity index is 1040. The molecule has 4 heterocycles. The summed E-state index contributed by atoms with van der Waals surface area (Å²) < 4.78 is 5.50. The molecule has 116 valence electrons. The van der Waals surface area contributed by atoms with Gasteiger partial charge in [-0.2, -0.15) is 0 Å². The molecule has 0 atom stereocenters. The van der Waals surface area contributed by atoms with Gasteiger partial charge < -0.3 is 9.40 Å². The highest BCUT2D eigenvalue weighted by Crippen LogP contribution is 2.27. The number of thiophene rings is 2. The number of hydrogen-bond donors (Lipinski definition) is 1. The Morgan fingerprint density at radius 3 is 2.96 bits per heavy atom. The monoisotopic (exact) mass is 343 g/mol. The van der Waals surface area contributed by atoms with Crippen LogP contribution in [-0.2, 0) is 6.42 Å². The van der Waals surface area contributed by atoms with Gasteiger partial charge in [0, 0.05) is 4.88 Å². The molecule has 5 nitrogen and oxygen atoms in total. The van der Waals surface area contributed by atoms with Crippen LogP contribution in [0.15, 0.2) is 33.0 Å². The smallest absolute Gasteiger partial charge is 0.259 e. The first kappa shape index (κ1) is 14.3. The van der Waals surface area contributed by atoms with Crippen molar-refractivity contribution < 1.29 is 4.42 Å². The van der Waals surface area contributed by atoms with E-state index in [1.54, 1.807) is 28.9 Å². The second-order valence-corrected chi connectivity index (χ2v) is 7.42. The van der Waals surface area contributed by atoms with Gasteiger partial charge in [-0.3, -0.25) is 4.79 Å². The largest absolute Gasteiger partial charge is 0.444 e. The molecule has 0 unspecified atom stereocenters. The molecule has 0 spiro atoms. The van der Waals surface area contributed by atoms with Crippen molar-refractivity contribution in [3.63, 3.8) is 0 Å². The molecule has 1 N–H and O–H groups in total. The highest BCUT2D eigenvalue weighted by Gasteiger charge is 2.14. The molecule has 0 aliphatic rings. The molecule has 0 bridgehead atoms. The predicted molar refractivity (Wildman–Crippen MR) is 92.3 cm³/mol. The van der Waals surface area contributed by atoms with Crippen molar-refractivity contribution in [1.82, 2.24) is 15.0 Å². The zero-order valence-electron chi connectivity index (χ0n) is 12.5. The summed E-state index contributed by atoms with van der Waals surface area (Å²) in [5.74, 6) is 1.20. The lowest BCUT2D eigenvalue weighted by Crippen LogP contribution is -2.11. The SMILES string of the molecule is Cc1sc2nc(Cc3coc(-c4cccs4)n3)[nH]c(=O)c2c1C. The first-order valence-corrected chi connectivity index (χ1v) is 8.78. The van der Waals surface area contributed by atoms with Crippen molar-refractivity contribution in [2.45, 2.75) is 20.3 Å². The van der Waals surface area contributed by atoms with Crippen molar-refractivity contribution >= 4 is 32.9 Å². The van der Waals surface area contributed by atoms with Gasteiger partial charge in [-0.05, 0) is 30.9 Å². The van der Waals surface area contributed by atoms with E-state index < -0.39 is 0 Å². The third kappa shape index (κ3) is 2.51. The predicted octanol–water partition coefficient (Wildman–Crippen LogP) is 3.91. The number of oxazole rings is 1. The van der Waals surface area contributed by atoms with E-state index in [2.05, 4.69) is 15.0 Å². The van der Waals surface area contributed by atoms with Gasteiger partial charge in [0.25, 0.3) is 5.56 Å². The fraction of sp³-hybridized carbons (Fsp3) is 0.188. The van der Waals surface area contributed by atoms with Gasteiger partial charge in [-0.25, -0.2) is 9.97 Å². The van der Waals surface area contributed by atoms with Gasteiger partial charge in [-0.1, -0.05) is 6.07 Å². The van der Waals surface area contributed by atoms with Crippen LogP contribution < -0.4 is 5.56 Å². The van der Waals surface area contributed by atoms with Gasteiger partial charge in [0.15, 0.2) is 0 Å². The molecule has 4 aromatic rings. The Morgan fingerprint density at radius 1 is 1.30 bits per heavy atom. The minimum atomic E-state index is -0.0891. The van der Waals surface area contributed by atoms with Crippen LogP contribution in [0.1, 0.15) is 22.0 Å². The van der Waals surface area contributed by atoms with Crippen LogP contribution in [0, 0.1) is 13.8 Å². The van der Waals surface area contributed by atoms with Crippen LogP contribution in [0.5, 0.6) is 0 Å². The summed E-state index contributed by atoms with van der Waals surface area (Å²) in [6, 6.07) is 3.92. The fourth-order valence-electron chi connectivity index (χ4n) is 2.46. The number of nitrogens with zero attached hydrogens (tertiary/aromatic N) is 2. The van der Waals surface area contributed by atoms with E-state index >= 15 is 0 Å². The molecule has 0 saturated heterocycles. The number of H-pyrrole nitrogens is 1. The van der Waals surface area contributed by atoms with Gasteiger partial charge >= 0.3 is 0 Å². The molecule has 23 heavy (non-hydrogen) atoms. The van der Waals surface area contributed by atoms with Gasteiger partial charge in [0.05, 0.1) is 22.4 Å². The van der Waals surface area contributed by atoms with E-state index in [0.29, 0.717) is 23.5 Å². The molecule has 0 aliphatic heterocycles. The van der Waals surface area contributed by atoms with E-state index in [1.165, 1.54) is 0 Å². The summed E-state index contributed by atoms with van der Waals surface area (Å²) in [5.41, 5.74) is 1.67. The normalized spacial score (nSPS) is 11.4. The minimum Gasteiger partial charge on any atom is -0.444 e. The zero-order valence-corrected chi connectivity index (χ0v) is 14.2. The second-order valence-electron chi connectivity index (χ2n) is 5.27. The van der Waals surface area contributed by atoms with Crippen molar-refractivity contribution in [2.75, 3.05) is 0 Å². The van der Waals surface area contributed by atoms with E-state index in [-0.39, 0.29) is 5.56 Å². The average molecular weight is 343 g/mol. The summed E-state index contributed by atoms with van der Waals surface area (Å²) in [5, 5.41) is 2.67. The second kappa shape index (κ2) is 5.43. The average Bonchev–Trinajstić information content (AvgIpc) is 3.20. The maximum Gasteiger partial charge on any atom is 0.259 e. The number of fused-ring (bicyclic) bond motifs is 1. The van der Waals surface area contributed by atoms with Crippen molar-refractivity contribution in [3.05, 3.63) is 56.1 Å². The zero-order chi connectivity index (χ0) is 16.0. The molecule has 4 rings (SSSR count). The lowest BCUT2D eigenvalue weighted by molar-refractivity contribution is 0.574. The molecular formula is C16H13N3O2S2. The standard InChI is InChI=1S/C16H13N3O2S2/c1-8-9(2)23-16-13(8)14(20)18-12(19-16)6-10-7-21-15(17-10)11-4-3-5-22-11/h3-5,7H,6H2,1-2H3,(H,18,19,20). The van der Waals surface area contributed by atoms with Crippen LogP contribution in [0.2, 0.25) is 0 Å². The molecule has 4 aromatic heterocycles. The van der Waals surface area contributed by atoms with E-state index in [4.69, 9.17) is 4.42 Å². The Balaban J connectivity index is 1.69. The van der Waals surface area contributed by atoms with E-state index in [0.717, 1.165) is 25.8 Å². The van der Waals surface area contributed by atoms with E-state index in [9.17, 15) is 4.79 Å². The quantitative estimate of drug-likeness (QED) is 0.612. The van der Waals surface area contributed by atoms with Crippen molar-refractivity contribution in [3.8, 4) is 10.8 Å². The van der Waals surface area contributed by atoms with Crippen LogP contribution in [0.4, 0.5) is 0 Å². The molecule has 0 aromatic carbocycles. The number of aromatic nitrogens is 3. The third-order valence-electron chi connectivity index (χ3n) is 3.72. The topological polar surface area (TPSA) is 71.8 Å². The lowest BCUT2D eigenvalue weighted by Gasteiger charge is -1.98. The van der Waals surface area contributed by atoms with Gasteiger partial charge in [0.1, 0.15) is 16.9 Å². The molecule has 0 saturated carbocycles. The molecule has 0 radical (unpaired) electrons. The maximum atomic E-state index is 12.3. The summed E-state index contributed by atoms with van der Waals surface area (Å²) in [6.45, 7) is 3.96. The molecule has 0 fully saturated rings. The third-order valence-corrected chi connectivity index (χ3v) is 5.68. The van der Waals surface area contributed by atoms with Gasteiger partial charge in [0.2, 0.25) is 5.89 Å². The Hall–Kier alpha value is -2.25. The first-order chi connectivity index (χ1) is 11.1. The molecule has 0 aliphatic carbocycles. The summed E-state index contributed by atoms with van der Waals surface area (Å²) in [6.07, 6.45) is 2.06. The van der Waals surface area contributed by atoms with Crippen molar-refractivity contribution in [2.24, 2.45) is 0 Å². The summed E-state index contributed by atoms with van der Waals surface area (Å²) >= 11 is 3.12. The summed E-state index contributed by atoms with van der Waals surface area (Å²) in [7, 11) is 0. The Kier molecular flexibility index (Phi) is 3.39. The fourth-order valence-corrected chi connectivity index (χ4v) is 4.16.